The van der Waals surface area contributed by atoms with Gasteiger partial charge in [-0.15, -0.1) is 11.3 Å². The molecule has 0 aliphatic rings. The second-order valence-corrected chi connectivity index (χ2v) is 6.38. The van der Waals surface area contributed by atoms with Gasteiger partial charge in [-0.3, -0.25) is 0 Å². The highest BCUT2D eigenvalue weighted by Crippen LogP contribution is 2.29. The van der Waals surface area contributed by atoms with Gasteiger partial charge < -0.3 is 10.6 Å². The molecule has 2 aromatic heterocycles. The summed E-state index contributed by atoms with van der Waals surface area (Å²) in [6.45, 7) is 0.426. The number of rotatable bonds is 3. The van der Waals surface area contributed by atoms with Crippen LogP contribution in [0.1, 0.15) is 11.4 Å². The quantitative estimate of drug-likeness (QED) is 0.902. The van der Waals surface area contributed by atoms with E-state index in [0.29, 0.717) is 6.54 Å². The van der Waals surface area contributed by atoms with E-state index in [9.17, 15) is 13.2 Å². The van der Waals surface area contributed by atoms with E-state index < -0.39 is 12.0 Å². The second kappa shape index (κ2) is 5.57. The third kappa shape index (κ3) is 3.60. The number of anilines is 2. The molecular formula is C11H10BrF3N4S. The summed E-state index contributed by atoms with van der Waals surface area (Å²) in [5.74, 6) is -1.31. The molecule has 9 heteroatoms. The maximum absolute atomic E-state index is 12.6. The van der Waals surface area contributed by atoms with Crippen LogP contribution >= 0.6 is 27.3 Å². The van der Waals surface area contributed by atoms with E-state index in [1.54, 1.807) is 11.9 Å². The lowest BCUT2D eigenvalue weighted by Gasteiger charge is -2.18. The van der Waals surface area contributed by atoms with Gasteiger partial charge in [0.15, 0.2) is 0 Å². The Morgan fingerprint density at radius 3 is 2.60 bits per heavy atom. The number of halogens is 4. The molecule has 0 unspecified atom stereocenters. The SMILES string of the molecule is CN(Cc1csc(Br)c1)c1cc(N)nc(C(F)(F)F)n1. The predicted molar refractivity (Wildman–Crippen MR) is 75.6 cm³/mol. The summed E-state index contributed by atoms with van der Waals surface area (Å²) < 4.78 is 38.9. The molecule has 0 saturated carbocycles. The van der Waals surface area contributed by atoms with Gasteiger partial charge in [0, 0.05) is 19.7 Å². The molecule has 0 amide bonds. The molecule has 2 heterocycles. The predicted octanol–water partition coefficient (Wildman–Crippen LogP) is 3.54. The minimum absolute atomic E-state index is 0.132. The van der Waals surface area contributed by atoms with Gasteiger partial charge in [-0.2, -0.15) is 13.2 Å². The number of aromatic nitrogens is 2. The topological polar surface area (TPSA) is 55.0 Å². The smallest absolute Gasteiger partial charge is 0.384 e. The fourth-order valence-corrected chi connectivity index (χ4v) is 2.76. The lowest BCUT2D eigenvalue weighted by Crippen LogP contribution is -2.21. The molecule has 108 valence electrons. The lowest BCUT2D eigenvalue weighted by atomic mass is 10.3. The Labute approximate surface area is 125 Å². The molecular weight excluding hydrogens is 357 g/mol. The lowest BCUT2D eigenvalue weighted by molar-refractivity contribution is -0.144. The zero-order valence-corrected chi connectivity index (χ0v) is 12.7. The number of nitrogen functional groups attached to an aromatic ring is 1. The number of thiophene rings is 1. The van der Waals surface area contributed by atoms with Crippen LogP contribution in [0.4, 0.5) is 24.8 Å². The Bertz CT molecular complexity index is 614. The maximum atomic E-state index is 12.6. The first-order chi connectivity index (χ1) is 9.25. The molecule has 4 nitrogen and oxygen atoms in total. The van der Waals surface area contributed by atoms with Crippen LogP contribution in [0.2, 0.25) is 0 Å². The highest BCUT2D eigenvalue weighted by atomic mass is 79.9. The van der Waals surface area contributed by atoms with Gasteiger partial charge in [-0.25, -0.2) is 9.97 Å². The van der Waals surface area contributed by atoms with Crippen molar-refractivity contribution in [2.45, 2.75) is 12.7 Å². The van der Waals surface area contributed by atoms with Gasteiger partial charge in [0.1, 0.15) is 11.6 Å². The summed E-state index contributed by atoms with van der Waals surface area (Å²) in [7, 11) is 1.65. The summed E-state index contributed by atoms with van der Waals surface area (Å²) in [4.78, 5) is 8.30. The Hall–Kier alpha value is -1.35. The normalized spacial score (nSPS) is 11.7. The molecule has 2 N–H and O–H groups in total. The molecule has 0 aliphatic heterocycles. The zero-order valence-electron chi connectivity index (χ0n) is 10.3. The van der Waals surface area contributed by atoms with Crippen molar-refractivity contribution in [1.82, 2.24) is 9.97 Å². The Balaban J connectivity index is 2.25. The van der Waals surface area contributed by atoms with Gasteiger partial charge in [0.25, 0.3) is 0 Å². The van der Waals surface area contributed by atoms with Crippen molar-refractivity contribution in [1.29, 1.82) is 0 Å². The number of nitrogens with two attached hydrogens (primary N) is 1. The summed E-state index contributed by atoms with van der Waals surface area (Å²) in [6.07, 6.45) is -4.61. The van der Waals surface area contributed by atoms with Gasteiger partial charge in [-0.05, 0) is 32.9 Å². The van der Waals surface area contributed by atoms with Crippen molar-refractivity contribution >= 4 is 38.9 Å². The Morgan fingerprint density at radius 1 is 1.35 bits per heavy atom. The van der Waals surface area contributed by atoms with E-state index in [1.165, 1.54) is 17.4 Å². The van der Waals surface area contributed by atoms with Crippen molar-refractivity contribution in [3.05, 3.63) is 32.7 Å². The van der Waals surface area contributed by atoms with Crippen LogP contribution in [0.25, 0.3) is 0 Å². The Morgan fingerprint density at radius 2 is 2.05 bits per heavy atom. The average molecular weight is 367 g/mol. The fourth-order valence-electron chi connectivity index (χ4n) is 1.56. The number of hydrogen-bond donors (Lipinski definition) is 1. The van der Waals surface area contributed by atoms with Crippen molar-refractivity contribution in [2.24, 2.45) is 0 Å². The van der Waals surface area contributed by atoms with Gasteiger partial charge in [0.2, 0.25) is 5.82 Å². The number of alkyl halides is 3. The molecule has 0 bridgehead atoms. The van der Waals surface area contributed by atoms with Gasteiger partial charge in [-0.1, -0.05) is 0 Å². The van der Waals surface area contributed by atoms with E-state index in [2.05, 4.69) is 25.9 Å². The van der Waals surface area contributed by atoms with Crippen molar-refractivity contribution in [3.63, 3.8) is 0 Å². The molecule has 20 heavy (non-hydrogen) atoms. The molecule has 0 aromatic carbocycles. The fraction of sp³-hybridized carbons (Fsp3) is 0.273. The molecule has 0 fully saturated rings. The standard InChI is InChI=1S/C11H10BrF3N4S/c1-19(4-6-2-7(12)20-5-6)9-3-8(16)17-10(18-9)11(13,14)15/h2-3,5H,4H2,1H3,(H2,16,17,18). The van der Waals surface area contributed by atoms with Crippen LogP contribution in [-0.2, 0) is 12.7 Å². The third-order valence-electron chi connectivity index (χ3n) is 2.42. The van der Waals surface area contributed by atoms with Crippen LogP contribution in [0.15, 0.2) is 21.3 Å². The van der Waals surface area contributed by atoms with Crippen LogP contribution in [0, 0.1) is 0 Å². The van der Waals surface area contributed by atoms with E-state index >= 15 is 0 Å². The van der Waals surface area contributed by atoms with E-state index in [0.717, 1.165) is 9.35 Å². The number of nitrogens with zero attached hydrogens (tertiary/aromatic N) is 3. The molecule has 0 spiro atoms. The van der Waals surface area contributed by atoms with E-state index in [-0.39, 0.29) is 11.6 Å². The first kappa shape index (κ1) is 15.0. The molecule has 0 atom stereocenters. The highest BCUT2D eigenvalue weighted by molar-refractivity contribution is 9.11. The maximum Gasteiger partial charge on any atom is 0.451 e. The molecule has 2 aromatic rings. The second-order valence-electron chi connectivity index (χ2n) is 4.09. The van der Waals surface area contributed by atoms with E-state index in [4.69, 9.17) is 5.73 Å². The average Bonchev–Trinajstić information content (AvgIpc) is 2.72. The molecule has 0 aliphatic carbocycles. The minimum atomic E-state index is -4.61. The summed E-state index contributed by atoms with van der Waals surface area (Å²) in [5, 5.41) is 1.91. The molecule has 0 radical (unpaired) electrons. The van der Waals surface area contributed by atoms with Gasteiger partial charge >= 0.3 is 6.18 Å². The highest BCUT2D eigenvalue weighted by Gasteiger charge is 2.35. The largest absolute Gasteiger partial charge is 0.451 e. The van der Waals surface area contributed by atoms with Crippen molar-refractivity contribution in [2.75, 3.05) is 17.7 Å². The summed E-state index contributed by atoms with van der Waals surface area (Å²) in [5.41, 5.74) is 6.38. The molecule has 0 saturated heterocycles. The van der Waals surface area contributed by atoms with Crippen molar-refractivity contribution < 1.29 is 13.2 Å². The minimum Gasteiger partial charge on any atom is -0.384 e. The summed E-state index contributed by atoms with van der Waals surface area (Å²) >= 11 is 4.84. The first-order valence-electron chi connectivity index (χ1n) is 5.41. The third-order valence-corrected chi connectivity index (χ3v) is 3.97. The monoisotopic (exact) mass is 366 g/mol. The van der Waals surface area contributed by atoms with Crippen LogP contribution in [-0.4, -0.2) is 17.0 Å². The van der Waals surface area contributed by atoms with Crippen LogP contribution in [0.5, 0.6) is 0 Å². The van der Waals surface area contributed by atoms with E-state index in [1.807, 2.05) is 11.4 Å². The van der Waals surface area contributed by atoms with Crippen LogP contribution < -0.4 is 10.6 Å². The van der Waals surface area contributed by atoms with Gasteiger partial charge in [0.05, 0.1) is 3.79 Å². The first-order valence-corrected chi connectivity index (χ1v) is 7.09. The zero-order chi connectivity index (χ0) is 14.9. The van der Waals surface area contributed by atoms with Crippen molar-refractivity contribution in [3.8, 4) is 0 Å². The molecule has 2 rings (SSSR count). The Kier molecular flexibility index (Phi) is 4.19. The van der Waals surface area contributed by atoms with Crippen LogP contribution in [0.3, 0.4) is 0 Å². The summed E-state index contributed by atoms with van der Waals surface area (Å²) in [6, 6.07) is 3.22. The number of hydrogen-bond acceptors (Lipinski definition) is 5.